The molecule has 2 amide bonds. The summed E-state index contributed by atoms with van der Waals surface area (Å²) < 4.78 is 16.2. The molecule has 0 spiro atoms. The molecule has 6 nitrogen and oxygen atoms in total. The second-order valence-electron chi connectivity index (χ2n) is 6.80. The topological polar surface area (TPSA) is 68.8 Å². The number of nitrogens with one attached hydrogen (secondary N) is 2. The lowest BCUT2D eigenvalue weighted by molar-refractivity contribution is 0.0503. The first kappa shape index (κ1) is 19.6. The Morgan fingerprint density at radius 1 is 1.04 bits per heavy atom. The third-order valence-corrected chi connectivity index (χ3v) is 3.71. The van der Waals surface area contributed by atoms with Crippen LogP contribution in [-0.4, -0.2) is 27.0 Å². The molecule has 0 atom stereocenters. The summed E-state index contributed by atoms with van der Waals surface area (Å²) in [6, 6.07) is 12.5. The molecule has 6 heteroatoms. The molecule has 0 unspecified atom stereocenters. The Hall–Kier alpha value is -2.73. The summed E-state index contributed by atoms with van der Waals surface area (Å²) >= 11 is 0. The Morgan fingerprint density at radius 2 is 1.73 bits per heavy atom. The molecule has 0 aliphatic carbocycles. The highest BCUT2D eigenvalue weighted by Gasteiger charge is 2.24. The van der Waals surface area contributed by atoms with Crippen molar-refractivity contribution in [1.29, 1.82) is 0 Å². The van der Waals surface area contributed by atoms with Crippen molar-refractivity contribution in [3.8, 4) is 11.5 Å². The average molecular weight is 358 g/mol. The van der Waals surface area contributed by atoms with Crippen LogP contribution in [0.3, 0.4) is 0 Å². The van der Waals surface area contributed by atoms with Crippen LogP contribution < -0.4 is 20.1 Å². The molecule has 0 saturated heterocycles. The highest BCUT2D eigenvalue weighted by molar-refractivity contribution is 6.01. The number of hydrogen-bond donors (Lipinski definition) is 2. The lowest BCUT2D eigenvalue weighted by Gasteiger charge is -2.25. The van der Waals surface area contributed by atoms with E-state index in [2.05, 4.69) is 31.4 Å². The van der Waals surface area contributed by atoms with Gasteiger partial charge in [0.15, 0.2) is 6.79 Å². The molecule has 0 fully saturated rings. The minimum absolute atomic E-state index is 0.0738. The number of para-hydroxylation sites is 1. The molecular weight excluding hydrogens is 332 g/mol. The van der Waals surface area contributed by atoms with E-state index in [-0.39, 0.29) is 18.2 Å². The van der Waals surface area contributed by atoms with Crippen LogP contribution in [0.4, 0.5) is 16.2 Å². The zero-order chi connectivity index (χ0) is 19.2. The van der Waals surface area contributed by atoms with Gasteiger partial charge < -0.3 is 24.8 Å². The maximum atomic E-state index is 12.4. The van der Waals surface area contributed by atoms with Crippen molar-refractivity contribution in [3.63, 3.8) is 0 Å². The minimum atomic E-state index is -0.369. The number of urea groups is 1. The van der Waals surface area contributed by atoms with Crippen LogP contribution in [0.25, 0.3) is 0 Å². The SMILES string of the molecule is COCOc1c(NC(=O)Nc2ccccc2)cc(OC)cc1C(C)(C)C. The Morgan fingerprint density at radius 3 is 2.31 bits per heavy atom. The summed E-state index contributed by atoms with van der Waals surface area (Å²) in [5, 5.41) is 5.64. The molecule has 0 radical (unpaired) electrons. The van der Waals surface area contributed by atoms with E-state index in [1.807, 2.05) is 36.4 Å². The van der Waals surface area contributed by atoms with E-state index in [1.165, 1.54) is 0 Å². The molecule has 0 bridgehead atoms. The fraction of sp³-hybridized carbons (Fsp3) is 0.350. The van der Waals surface area contributed by atoms with E-state index in [1.54, 1.807) is 20.3 Å². The van der Waals surface area contributed by atoms with E-state index >= 15 is 0 Å². The first-order valence-corrected chi connectivity index (χ1v) is 8.32. The van der Waals surface area contributed by atoms with Crippen molar-refractivity contribution in [1.82, 2.24) is 0 Å². The van der Waals surface area contributed by atoms with Crippen LogP contribution in [-0.2, 0) is 10.2 Å². The van der Waals surface area contributed by atoms with Crippen molar-refractivity contribution < 1.29 is 19.0 Å². The minimum Gasteiger partial charge on any atom is -0.497 e. The summed E-state index contributed by atoms with van der Waals surface area (Å²) in [4.78, 5) is 12.4. The van der Waals surface area contributed by atoms with Gasteiger partial charge in [-0.05, 0) is 23.6 Å². The highest BCUT2D eigenvalue weighted by Crippen LogP contribution is 2.40. The predicted molar refractivity (Wildman–Crippen MR) is 103 cm³/mol. The highest BCUT2D eigenvalue weighted by atomic mass is 16.7. The Balaban J connectivity index is 2.36. The molecule has 2 aromatic rings. The monoisotopic (exact) mass is 358 g/mol. The number of hydrogen-bond acceptors (Lipinski definition) is 4. The summed E-state index contributed by atoms with van der Waals surface area (Å²) in [5.74, 6) is 1.19. The molecule has 2 N–H and O–H groups in total. The summed E-state index contributed by atoms with van der Waals surface area (Å²) in [5.41, 5.74) is 1.90. The van der Waals surface area contributed by atoms with Gasteiger partial charge in [0.05, 0.1) is 12.8 Å². The van der Waals surface area contributed by atoms with Gasteiger partial charge in [-0.1, -0.05) is 39.0 Å². The number of carbonyl (C=O) groups excluding carboxylic acids is 1. The first-order chi connectivity index (χ1) is 12.3. The number of anilines is 2. The van der Waals surface area contributed by atoms with Crippen molar-refractivity contribution >= 4 is 17.4 Å². The second kappa shape index (κ2) is 8.58. The van der Waals surface area contributed by atoms with Gasteiger partial charge in [0.25, 0.3) is 0 Å². The van der Waals surface area contributed by atoms with Crippen LogP contribution >= 0.6 is 0 Å². The van der Waals surface area contributed by atoms with E-state index in [9.17, 15) is 4.79 Å². The number of methoxy groups -OCH3 is 2. The molecule has 0 aromatic heterocycles. The van der Waals surface area contributed by atoms with Crippen LogP contribution in [0.15, 0.2) is 42.5 Å². The lowest BCUT2D eigenvalue weighted by Crippen LogP contribution is -2.22. The average Bonchev–Trinajstić information content (AvgIpc) is 2.60. The van der Waals surface area contributed by atoms with Crippen molar-refractivity contribution in [2.45, 2.75) is 26.2 Å². The van der Waals surface area contributed by atoms with Gasteiger partial charge in [0.2, 0.25) is 0 Å². The van der Waals surface area contributed by atoms with E-state index in [0.717, 1.165) is 5.56 Å². The fourth-order valence-electron chi connectivity index (χ4n) is 2.45. The molecule has 26 heavy (non-hydrogen) atoms. The smallest absolute Gasteiger partial charge is 0.323 e. The van der Waals surface area contributed by atoms with Crippen LogP contribution in [0.5, 0.6) is 11.5 Å². The Labute approximate surface area is 154 Å². The maximum absolute atomic E-state index is 12.4. The van der Waals surface area contributed by atoms with E-state index < -0.39 is 0 Å². The molecule has 0 saturated carbocycles. The van der Waals surface area contributed by atoms with Crippen LogP contribution in [0.1, 0.15) is 26.3 Å². The third kappa shape index (κ3) is 5.13. The predicted octanol–water partition coefficient (Wildman–Crippen LogP) is 4.62. The van der Waals surface area contributed by atoms with Gasteiger partial charge in [0, 0.05) is 24.4 Å². The molecule has 2 rings (SSSR count). The van der Waals surface area contributed by atoms with E-state index in [0.29, 0.717) is 22.9 Å². The zero-order valence-corrected chi connectivity index (χ0v) is 15.9. The molecule has 0 aliphatic heterocycles. The number of amides is 2. The van der Waals surface area contributed by atoms with Crippen molar-refractivity contribution in [2.75, 3.05) is 31.6 Å². The van der Waals surface area contributed by atoms with Crippen molar-refractivity contribution in [3.05, 3.63) is 48.0 Å². The fourth-order valence-corrected chi connectivity index (χ4v) is 2.45. The largest absolute Gasteiger partial charge is 0.497 e. The third-order valence-electron chi connectivity index (χ3n) is 3.71. The quantitative estimate of drug-likeness (QED) is 0.739. The summed E-state index contributed by atoms with van der Waals surface area (Å²) in [6.45, 7) is 6.27. The lowest BCUT2D eigenvalue weighted by atomic mass is 9.85. The second-order valence-corrected chi connectivity index (χ2v) is 6.80. The molecule has 2 aromatic carbocycles. The number of benzene rings is 2. The standard InChI is InChI=1S/C20H26N2O4/c1-20(2,3)16-11-15(25-5)12-17(18(16)26-13-24-4)22-19(23)21-14-9-7-6-8-10-14/h6-12H,13H2,1-5H3,(H2,21,22,23). The number of rotatable bonds is 6. The van der Waals surface area contributed by atoms with Gasteiger partial charge in [-0.3, -0.25) is 0 Å². The molecule has 0 heterocycles. The Bertz CT molecular complexity index is 739. The van der Waals surface area contributed by atoms with Crippen LogP contribution in [0.2, 0.25) is 0 Å². The molecular formula is C20H26N2O4. The van der Waals surface area contributed by atoms with Gasteiger partial charge in [-0.25, -0.2) is 4.79 Å². The molecule has 140 valence electrons. The summed E-state index contributed by atoms with van der Waals surface area (Å²) in [7, 11) is 3.14. The van der Waals surface area contributed by atoms with Crippen LogP contribution in [0, 0.1) is 0 Å². The van der Waals surface area contributed by atoms with Gasteiger partial charge in [-0.2, -0.15) is 0 Å². The molecule has 0 aliphatic rings. The van der Waals surface area contributed by atoms with Crippen molar-refractivity contribution in [2.24, 2.45) is 0 Å². The summed E-state index contributed by atoms with van der Waals surface area (Å²) in [6.07, 6.45) is 0. The Kier molecular flexibility index (Phi) is 6.46. The van der Waals surface area contributed by atoms with E-state index in [4.69, 9.17) is 14.2 Å². The number of ether oxygens (including phenoxy) is 3. The first-order valence-electron chi connectivity index (χ1n) is 8.32. The number of carbonyl (C=O) groups is 1. The normalized spacial score (nSPS) is 11.0. The van der Waals surface area contributed by atoms with Gasteiger partial charge in [-0.15, -0.1) is 0 Å². The van der Waals surface area contributed by atoms with Gasteiger partial charge in [0.1, 0.15) is 11.5 Å². The zero-order valence-electron chi connectivity index (χ0n) is 15.9. The maximum Gasteiger partial charge on any atom is 0.323 e. The van der Waals surface area contributed by atoms with Gasteiger partial charge >= 0.3 is 6.03 Å².